The molecule has 2 aromatic carbocycles. The number of anilines is 1. The monoisotopic (exact) mass is 497 g/mol. The number of primary sulfonamides is 1. The fraction of sp³-hybridized carbons (Fsp3) is 0.318. The maximum atomic E-state index is 12.4. The van der Waals surface area contributed by atoms with Crippen molar-refractivity contribution in [1.29, 1.82) is 0 Å². The Hall–Kier alpha value is -1.57. The highest BCUT2D eigenvalue weighted by Crippen LogP contribution is 2.41. The average Bonchev–Trinajstić information content (AvgIpc) is 2.71. The molecule has 1 unspecified atom stereocenters. The van der Waals surface area contributed by atoms with E-state index in [0.717, 1.165) is 42.3 Å². The van der Waals surface area contributed by atoms with Gasteiger partial charge in [-0.3, -0.25) is 4.98 Å². The van der Waals surface area contributed by atoms with E-state index in [1.54, 1.807) is 24.4 Å². The summed E-state index contributed by atoms with van der Waals surface area (Å²) in [7, 11) is -3.80. The first-order chi connectivity index (χ1) is 14.7. The summed E-state index contributed by atoms with van der Waals surface area (Å²) in [4.78, 5) is 4.38. The van der Waals surface area contributed by atoms with Gasteiger partial charge in [-0.15, -0.1) is 0 Å². The van der Waals surface area contributed by atoms with Crippen molar-refractivity contribution in [1.82, 2.24) is 4.98 Å². The zero-order valence-corrected chi connectivity index (χ0v) is 19.6. The molecule has 31 heavy (non-hydrogen) atoms. The first kappa shape index (κ1) is 22.6. The van der Waals surface area contributed by atoms with Crippen molar-refractivity contribution in [2.45, 2.75) is 37.0 Å². The van der Waals surface area contributed by atoms with Gasteiger partial charge in [0.15, 0.2) is 0 Å². The molecule has 0 aliphatic heterocycles. The number of halogens is 3. The number of sulfonamides is 1. The van der Waals surface area contributed by atoms with Crippen LogP contribution in [0.15, 0.2) is 48.7 Å². The molecule has 0 bridgehead atoms. The zero-order chi connectivity index (χ0) is 22.2. The van der Waals surface area contributed by atoms with Crippen LogP contribution in [-0.2, 0) is 10.0 Å². The molecule has 9 heteroatoms. The highest BCUT2D eigenvalue weighted by Gasteiger charge is 2.35. The molecular formula is C22H22Cl3N3O2S. The number of benzene rings is 2. The van der Waals surface area contributed by atoms with Gasteiger partial charge < -0.3 is 5.32 Å². The second-order valence-corrected chi connectivity index (χ2v) is 10.9. The van der Waals surface area contributed by atoms with E-state index in [2.05, 4.69) is 10.3 Å². The van der Waals surface area contributed by atoms with Crippen LogP contribution < -0.4 is 10.5 Å². The van der Waals surface area contributed by atoms with Gasteiger partial charge in [0, 0.05) is 28.3 Å². The van der Waals surface area contributed by atoms with Crippen LogP contribution in [-0.4, -0.2) is 19.4 Å². The topological polar surface area (TPSA) is 85.1 Å². The molecule has 1 aliphatic rings. The molecule has 3 N–H and O–H groups in total. The highest BCUT2D eigenvalue weighted by molar-refractivity contribution is 7.89. The number of nitrogens with zero attached hydrogens (tertiary/aromatic N) is 1. The molecule has 1 aromatic heterocycles. The van der Waals surface area contributed by atoms with Gasteiger partial charge in [-0.05, 0) is 73.6 Å². The van der Waals surface area contributed by atoms with Crippen LogP contribution in [0.25, 0.3) is 10.9 Å². The number of rotatable bonds is 5. The SMILES string of the molecule is NS(=O)(=O)C(c1ccc(Cl)c(Cl)c1)C1CCC(Nc2ccnc3cc(Cl)ccc23)CC1. The average molecular weight is 499 g/mol. The fourth-order valence-corrected chi connectivity index (χ4v) is 6.26. The van der Waals surface area contributed by atoms with Crippen molar-refractivity contribution in [3.63, 3.8) is 0 Å². The van der Waals surface area contributed by atoms with Crippen LogP contribution >= 0.6 is 34.8 Å². The minimum absolute atomic E-state index is 0.0849. The number of hydrogen-bond acceptors (Lipinski definition) is 4. The molecule has 164 valence electrons. The van der Waals surface area contributed by atoms with Crippen molar-refractivity contribution < 1.29 is 8.42 Å². The summed E-state index contributed by atoms with van der Waals surface area (Å²) in [5.74, 6) is -0.0849. The quantitative estimate of drug-likeness (QED) is 0.439. The van der Waals surface area contributed by atoms with Crippen LogP contribution in [0.1, 0.15) is 36.5 Å². The summed E-state index contributed by atoms with van der Waals surface area (Å²) < 4.78 is 24.9. The van der Waals surface area contributed by atoms with Crippen LogP contribution in [0.5, 0.6) is 0 Å². The molecule has 0 radical (unpaired) electrons. The van der Waals surface area contributed by atoms with Crippen molar-refractivity contribution in [3.8, 4) is 0 Å². The van der Waals surface area contributed by atoms with Crippen LogP contribution in [0.2, 0.25) is 15.1 Å². The van der Waals surface area contributed by atoms with Crippen molar-refractivity contribution >= 4 is 61.4 Å². The van der Waals surface area contributed by atoms with Gasteiger partial charge in [0.25, 0.3) is 0 Å². The molecule has 1 atom stereocenters. The third kappa shape index (κ3) is 5.10. The van der Waals surface area contributed by atoms with E-state index >= 15 is 0 Å². The number of nitrogens with one attached hydrogen (secondary N) is 1. The molecule has 5 nitrogen and oxygen atoms in total. The number of fused-ring (bicyclic) bond motifs is 1. The van der Waals surface area contributed by atoms with E-state index in [-0.39, 0.29) is 12.0 Å². The summed E-state index contributed by atoms with van der Waals surface area (Å²) in [5, 5.41) is 10.8. The Morgan fingerprint density at radius 3 is 2.39 bits per heavy atom. The molecule has 3 aromatic rings. The van der Waals surface area contributed by atoms with Gasteiger partial charge in [0.2, 0.25) is 10.0 Å². The largest absolute Gasteiger partial charge is 0.382 e. The Bertz CT molecular complexity index is 1210. The molecule has 0 amide bonds. The molecule has 4 rings (SSSR count). The lowest BCUT2D eigenvalue weighted by atomic mass is 9.82. The summed E-state index contributed by atoms with van der Waals surface area (Å²) in [6.45, 7) is 0. The third-order valence-electron chi connectivity index (χ3n) is 5.89. The van der Waals surface area contributed by atoms with Gasteiger partial charge in [-0.2, -0.15) is 0 Å². The second kappa shape index (κ2) is 9.12. The first-order valence-electron chi connectivity index (χ1n) is 10.00. The molecule has 1 heterocycles. The zero-order valence-electron chi connectivity index (χ0n) is 16.6. The first-order valence-corrected chi connectivity index (χ1v) is 12.7. The molecule has 0 saturated heterocycles. The van der Waals surface area contributed by atoms with Gasteiger partial charge in [0.05, 0.1) is 15.6 Å². The predicted molar refractivity (Wildman–Crippen MR) is 128 cm³/mol. The Labute approximate surface area is 196 Å². The van der Waals surface area contributed by atoms with Gasteiger partial charge in [-0.25, -0.2) is 13.6 Å². The lowest BCUT2D eigenvalue weighted by Crippen LogP contribution is -2.33. The number of hydrogen-bond donors (Lipinski definition) is 2. The molecule has 1 fully saturated rings. The number of aromatic nitrogens is 1. The predicted octanol–water partition coefficient (Wildman–Crippen LogP) is 6.20. The highest BCUT2D eigenvalue weighted by atomic mass is 35.5. The van der Waals surface area contributed by atoms with Crippen LogP contribution in [0, 0.1) is 5.92 Å². The Kier molecular flexibility index (Phi) is 6.65. The van der Waals surface area contributed by atoms with E-state index in [9.17, 15) is 8.42 Å². The molecule has 1 saturated carbocycles. The lowest BCUT2D eigenvalue weighted by molar-refractivity contribution is 0.324. The minimum Gasteiger partial charge on any atom is -0.382 e. The standard InChI is InChI=1S/C22H22Cl3N3O2S/c23-15-4-7-17-20(9-10-27-21(17)12-15)28-16-5-1-13(2-6-16)22(31(26,29)30)14-3-8-18(24)19(25)11-14/h3-4,7-13,16,22H,1-2,5-6H2,(H,27,28)(H2,26,29,30). The third-order valence-corrected chi connectivity index (χ3v) is 8.23. The lowest BCUT2D eigenvalue weighted by Gasteiger charge is -2.34. The molecule has 0 spiro atoms. The smallest absolute Gasteiger partial charge is 0.216 e. The summed E-state index contributed by atoms with van der Waals surface area (Å²) in [6.07, 6.45) is 4.88. The Balaban J connectivity index is 1.50. The van der Waals surface area contributed by atoms with E-state index < -0.39 is 15.3 Å². The Morgan fingerprint density at radius 1 is 0.968 bits per heavy atom. The van der Waals surface area contributed by atoms with E-state index in [1.807, 2.05) is 24.3 Å². The van der Waals surface area contributed by atoms with E-state index in [0.29, 0.717) is 20.6 Å². The summed E-state index contributed by atoms with van der Waals surface area (Å²) >= 11 is 18.2. The van der Waals surface area contributed by atoms with E-state index in [1.165, 1.54) is 0 Å². The van der Waals surface area contributed by atoms with Crippen LogP contribution in [0.4, 0.5) is 5.69 Å². The Morgan fingerprint density at radius 2 is 1.71 bits per heavy atom. The van der Waals surface area contributed by atoms with Gasteiger partial charge in [0.1, 0.15) is 5.25 Å². The van der Waals surface area contributed by atoms with Crippen LogP contribution in [0.3, 0.4) is 0 Å². The van der Waals surface area contributed by atoms with Crippen molar-refractivity contribution in [3.05, 3.63) is 69.3 Å². The molecular weight excluding hydrogens is 477 g/mol. The summed E-state index contributed by atoms with van der Waals surface area (Å²) in [5.41, 5.74) is 2.42. The van der Waals surface area contributed by atoms with E-state index in [4.69, 9.17) is 39.9 Å². The second-order valence-electron chi connectivity index (χ2n) is 7.96. The summed E-state index contributed by atoms with van der Waals surface area (Å²) in [6, 6.07) is 12.7. The van der Waals surface area contributed by atoms with Crippen molar-refractivity contribution in [2.24, 2.45) is 11.1 Å². The van der Waals surface area contributed by atoms with Crippen molar-refractivity contribution in [2.75, 3.05) is 5.32 Å². The normalized spacial score (nSPS) is 20.5. The number of nitrogens with two attached hydrogens (primary N) is 1. The maximum absolute atomic E-state index is 12.4. The van der Waals surface area contributed by atoms with Gasteiger partial charge >= 0.3 is 0 Å². The minimum atomic E-state index is -3.80. The maximum Gasteiger partial charge on any atom is 0.216 e. The number of pyridine rings is 1. The fourth-order valence-electron chi connectivity index (χ4n) is 4.45. The molecule has 1 aliphatic carbocycles. The van der Waals surface area contributed by atoms with Gasteiger partial charge in [-0.1, -0.05) is 40.9 Å².